The second-order valence-corrected chi connectivity index (χ2v) is 2.39. The van der Waals surface area contributed by atoms with E-state index in [1.54, 1.807) is 18.2 Å². The summed E-state index contributed by atoms with van der Waals surface area (Å²) in [5, 5.41) is 27.2. The van der Waals surface area contributed by atoms with E-state index in [9.17, 15) is 0 Å². The maximum absolute atomic E-state index is 8.58. The highest BCUT2D eigenvalue weighted by atomic mass is 16.6. The van der Waals surface area contributed by atoms with Gasteiger partial charge in [0.25, 0.3) is 0 Å². The lowest BCUT2D eigenvalue weighted by Crippen LogP contribution is -2.20. The molecule has 7 heteroatoms. The van der Waals surface area contributed by atoms with Crippen LogP contribution in [0.5, 0.6) is 5.75 Å². The van der Waals surface area contributed by atoms with E-state index in [1.165, 1.54) is 0 Å². The van der Waals surface area contributed by atoms with E-state index in [4.69, 9.17) is 10.0 Å². The average molecular weight is 179 g/mol. The molecule has 6 nitrogen and oxygen atoms in total. The molecule has 2 rings (SSSR count). The van der Waals surface area contributed by atoms with E-state index >= 15 is 0 Å². The number of nitrogens with one attached hydrogen (secondary N) is 1. The highest BCUT2D eigenvalue weighted by molar-refractivity contribution is 6.34. The number of benzene rings is 1. The summed E-state index contributed by atoms with van der Waals surface area (Å²) >= 11 is 0. The topological polar surface area (TPSA) is 91.3 Å². The van der Waals surface area contributed by atoms with Crippen LogP contribution < -0.4 is 4.65 Å². The van der Waals surface area contributed by atoms with Crippen LogP contribution in [0.25, 0.3) is 11.0 Å². The number of fused-ring (bicyclic) bond motifs is 1. The number of hydrogen-bond acceptors (Lipinski definition) is 5. The van der Waals surface area contributed by atoms with Crippen molar-refractivity contribution in [1.82, 2.24) is 15.4 Å². The van der Waals surface area contributed by atoms with Gasteiger partial charge in [-0.25, -0.2) is 0 Å². The first-order valence-corrected chi connectivity index (χ1v) is 3.59. The Bertz CT molecular complexity index is 416. The SMILES string of the molecule is OB(O)Oc1cccc2n[nH]nc12. The first kappa shape index (κ1) is 8.02. The average Bonchev–Trinajstić information content (AvgIpc) is 2.51. The lowest BCUT2D eigenvalue weighted by molar-refractivity contribution is 0.289. The monoisotopic (exact) mass is 179 g/mol. The first-order chi connectivity index (χ1) is 6.27. The molecule has 0 unspecified atom stereocenters. The Hall–Kier alpha value is -1.60. The van der Waals surface area contributed by atoms with Crippen molar-refractivity contribution in [3.8, 4) is 5.75 Å². The minimum atomic E-state index is -1.85. The Kier molecular flexibility index (Phi) is 1.88. The van der Waals surface area contributed by atoms with E-state index in [0.29, 0.717) is 11.0 Å². The molecule has 0 amide bonds. The fourth-order valence-electron chi connectivity index (χ4n) is 1.05. The lowest BCUT2D eigenvalue weighted by Gasteiger charge is -2.03. The van der Waals surface area contributed by atoms with Crippen molar-refractivity contribution in [3.05, 3.63) is 18.2 Å². The number of rotatable bonds is 2. The van der Waals surface area contributed by atoms with Gasteiger partial charge in [-0.15, -0.1) is 0 Å². The van der Waals surface area contributed by atoms with Gasteiger partial charge in [-0.1, -0.05) is 6.07 Å². The van der Waals surface area contributed by atoms with Gasteiger partial charge in [0.05, 0.1) is 0 Å². The summed E-state index contributed by atoms with van der Waals surface area (Å²) in [5.41, 5.74) is 1.08. The third kappa shape index (κ3) is 1.46. The standard InChI is InChI=1S/C6H6BN3O3/c11-7(12)13-5-3-1-2-4-6(5)9-10-8-4/h1-3,11-12H,(H,8,9,10). The summed E-state index contributed by atoms with van der Waals surface area (Å²) in [4.78, 5) is 0. The largest absolute Gasteiger partial charge is 0.707 e. The zero-order valence-corrected chi connectivity index (χ0v) is 6.51. The zero-order chi connectivity index (χ0) is 9.26. The van der Waals surface area contributed by atoms with E-state index < -0.39 is 7.32 Å². The van der Waals surface area contributed by atoms with Crippen molar-refractivity contribution in [2.45, 2.75) is 0 Å². The lowest BCUT2D eigenvalue weighted by atomic mass is 10.2. The van der Waals surface area contributed by atoms with E-state index in [1.807, 2.05) is 0 Å². The van der Waals surface area contributed by atoms with Crippen LogP contribution in [0.3, 0.4) is 0 Å². The third-order valence-corrected chi connectivity index (χ3v) is 1.54. The van der Waals surface area contributed by atoms with Gasteiger partial charge in [-0.2, -0.15) is 15.4 Å². The number of aromatic nitrogens is 3. The van der Waals surface area contributed by atoms with Crippen molar-refractivity contribution in [2.24, 2.45) is 0 Å². The molecular formula is C6H6BN3O3. The molecule has 0 bridgehead atoms. The molecule has 13 heavy (non-hydrogen) atoms. The van der Waals surface area contributed by atoms with Gasteiger partial charge in [0.1, 0.15) is 11.3 Å². The molecule has 1 aromatic heterocycles. The molecule has 3 N–H and O–H groups in total. The molecule has 0 fully saturated rings. The van der Waals surface area contributed by atoms with Gasteiger partial charge in [0.2, 0.25) is 0 Å². The molecule has 1 heterocycles. The highest BCUT2D eigenvalue weighted by Gasteiger charge is 2.14. The Morgan fingerprint density at radius 1 is 1.31 bits per heavy atom. The number of nitrogens with zero attached hydrogens (tertiary/aromatic N) is 2. The third-order valence-electron chi connectivity index (χ3n) is 1.54. The van der Waals surface area contributed by atoms with Crippen LogP contribution in [0.2, 0.25) is 0 Å². The van der Waals surface area contributed by atoms with Crippen LogP contribution in [-0.2, 0) is 0 Å². The maximum atomic E-state index is 8.58. The van der Waals surface area contributed by atoms with Crippen molar-refractivity contribution in [2.75, 3.05) is 0 Å². The van der Waals surface area contributed by atoms with Gasteiger partial charge in [0, 0.05) is 0 Å². The predicted octanol–water partition coefficient (Wildman–Crippen LogP) is -0.694. The summed E-state index contributed by atoms with van der Waals surface area (Å²) in [6.45, 7) is 0. The number of H-pyrrole nitrogens is 1. The Morgan fingerprint density at radius 3 is 2.92 bits per heavy atom. The molecule has 66 valence electrons. The van der Waals surface area contributed by atoms with Crippen molar-refractivity contribution >= 4 is 18.4 Å². The fourth-order valence-corrected chi connectivity index (χ4v) is 1.05. The first-order valence-electron chi connectivity index (χ1n) is 3.59. The van der Waals surface area contributed by atoms with Gasteiger partial charge in [-0.3, -0.25) is 0 Å². The quantitative estimate of drug-likeness (QED) is 0.530. The van der Waals surface area contributed by atoms with Gasteiger partial charge < -0.3 is 14.7 Å². The number of para-hydroxylation sites is 1. The minimum absolute atomic E-state index is 0.279. The normalized spacial score (nSPS) is 10.3. The summed E-state index contributed by atoms with van der Waals surface area (Å²) in [5.74, 6) is 0.279. The molecule has 0 aliphatic heterocycles. The van der Waals surface area contributed by atoms with Gasteiger partial charge in [0.15, 0.2) is 5.52 Å². The predicted molar refractivity (Wildman–Crippen MR) is 44.7 cm³/mol. The molecule has 0 saturated heterocycles. The van der Waals surface area contributed by atoms with Crippen molar-refractivity contribution < 1.29 is 14.7 Å². The van der Waals surface area contributed by atoms with Crippen molar-refractivity contribution in [1.29, 1.82) is 0 Å². The summed E-state index contributed by atoms with van der Waals surface area (Å²) < 4.78 is 4.67. The minimum Gasteiger partial charge on any atom is -0.510 e. The molecule has 2 aromatic rings. The van der Waals surface area contributed by atoms with Crippen LogP contribution in [0.4, 0.5) is 0 Å². The molecule has 0 aliphatic rings. The van der Waals surface area contributed by atoms with E-state index in [2.05, 4.69) is 20.1 Å². The van der Waals surface area contributed by atoms with Crippen LogP contribution in [0, 0.1) is 0 Å². The Balaban J connectivity index is 2.48. The van der Waals surface area contributed by atoms with Crippen molar-refractivity contribution in [3.63, 3.8) is 0 Å². The molecule has 0 saturated carbocycles. The van der Waals surface area contributed by atoms with Crippen LogP contribution in [-0.4, -0.2) is 32.8 Å². The molecule has 0 atom stereocenters. The Morgan fingerprint density at radius 2 is 2.15 bits per heavy atom. The molecule has 0 aliphatic carbocycles. The van der Waals surface area contributed by atoms with E-state index in [0.717, 1.165) is 0 Å². The van der Waals surface area contributed by atoms with E-state index in [-0.39, 0.29) is 5.75 Å². The summed E-state index contributed by atoms with van der Waals surface area (Å²) in [7, 11) is -1.85. The van der Waals surface area contributed by atoms with Crippen LogP contribution >= 0.6 is 0 Å². The zero-order valence-electron chi connectivity index (χ0n) is 6.51. The number of aromatic amines is 1. The number of hydrogen-bond donors (Lipinski definition) is 3. The molecular weight excluding hydrogens is 173 g/mol. The summed E-state index contributed by atoms with van der Waals surface area (Å²) in [6.07, 6.45) is 0. The van der Waals surface area contributed by atoms with Crippen LogP contribution in [0.1, 0.15) is 0 Å². The maximum Gasteiger partial charge on any atom is 0.707 e. The van der Waals surface area contributed by atoms with Gasteiger partial charge in [-0.05, 0) is 12.1 Å². The second kappa shape index (κ2) is 3.04. The van der Waals surface area contributed by atoms with Gasteiger partial charge >= 0.3 is 7.32 Å². The van der Waals surface area contributed by atoms with Crippen LogP contribution in [0.15, 0.2) is 18.2 Å². The molecule has 0 radical (unpaired) electrons. The Labute approximate surface area is 73.3 Å². The summed E-state index contributed by atoms with van der Waals surface area (Å²) in [6, 6.07) is 4.99. The second-order valence-electron chi connectivity index (χ2n) is 2.39. The molecule has 0 spiro atoms. The highest BCUT2D eigenvalue weighted by Crippen LogP contribution is 2.20. The smallest absolute Gasteiger partial charge is 0.510 e. The fraction of sp³-hybridized carbons (Fsp3) is 0. The molecule has 1 aromatic carbocycles.